The molecule has 1 aliphatic carbocycles. The molecule has 1 aromatic heterocycles. The zero-order valence-electron chi connectivity index (χ0n) is 17.6. The maximum atomic E-state index is 15.8. The van der Waals surface area contributed by atoms with Gasteiger partial charge in [0.1, 0.15) is 16.7 Å². The minimum atomic E-state index is -3.98. The molecule has 2 aliphatic rings. The van der Waals surface area contributed by atoms with E-state index in [-0.39, 0.29) is 23.8 Å². The molecule has 1 saturated carbocycles. The van der Waals surface area contributed by atoms with Gasteiger partial charge in [0.15, 0.2) is 0 Å². The van der Waals surface area contributed by atoms with Gasteiger partial charge in [0.05, 0.1) is 11.4 Å². The Morgan fingerprint density at radius 2 is 1.91 bits per heavy atom. The predicted octanol–water partition coefficient (Wildman–Crippen LogP) is 3.88. The number of sulfonamides is 1. The molecule has 1 aromatic carbocycles. The quantitative estimate of drug-likeness (QED) is 0.461. The number of hydrogen-bond acceptors (Lipinski definition) is 4. The molecule has 1 N–H and O–H groups in total. The van der Waals surface area contributed by atoms with Gasteiger partial charge in [-0.25, -0.2) is 12.8 Å². The number of aromatic nitrogens is 1. The minimum absolute atomic E-state index is 0.000637. The zero-order valence-corrected chi connectivity index (χ0v) is 19.1. The van der Waals surface area contributed by atoms with Crippen LogP contribution in [0.2, 0.25) is 0 Å². The van der Waals surface area contributed by atoms with E-state index < -0.39 is 57.2 Å². The monoisotopic (exact) mass is 501 g/mol. The van der Waals surface area contributed by atoms with Crippen LogP contribution in [0.5, 0.6) is 0 Å². The first-order valence-electron chi connectivity index (χ1n) is 10.6. The Labute approximate surface area is 195 Å². The number of amides is 1. The predicted molar refractivity (Wildman–Crippen MR) is 117 cm³/mol. The Hall–Kier alpha value is -2.17. The second-order valence-corrected chi connectivity index (χ2v) is 11.0. The summed E-state index contributed by atoms with van der Waals surface area (Å²) in [6, 6.07) is 5.72. The summed E-state index contributed by atoms with van der Waals surface area (Å²) in [6.07, 6.45) is 1.67. The molecule has 1 aliphatic heterocycles. The van der Waals surface area contributed by atoms with E-state index in [9.17, 15) is 17.6 Å². The highest BCUT2D eigenvalue weighted by atomic mass is 35.5. The van der Waals surface area contributed by atoms with Crippen LogP contribution in [0.25, 0.3) is 0 Å². The lowest BCUT2D eigenvalue weighted by atomic mass is 9.73. The number of piperidine rings is 1. The summed E-state index contributed by atoms with van der Waals surface area (Å²) in [4.78, 5) is 16.4. The molecule has 4 rings (SSSR count). The molecule has 2 fully saturated rings. The van der Waals surface area contributed by atoms with Gasteiger partial charge in [-0.2, -0.15) is 13.1 Å². The molecule has 2 unspecified atom stereocenters. The number of carbonyl (C=O) groups excluding carboxylic acids is 1. The van der Waals surface area contributed by atoms with E-state index in [2.05, 4.69) is 4.98 Å². The van der Waals surface area contributed by atoms with Crippen LogP contribution in [0.4, 0.5) is 13.2 Å². The third kappa shape index (κ3) is 4.74. The van der Waals surface area contributed by atoms with Gasteiger partial charge in [-0.1, -0.05) is 18.2 Å². The normalized spacial score (nSPS) is 24.4. The van der Waals surface area contributed by atoms with E-state index in [1.165, 1.54) is 36.5 Å². The molecule has 1 amide bonds. The number of carbonyl (C=O) groups is 1. The molecule has 0 radical (unpaired) electrons. The van der Waals surface area contributed by atoms with Gasteiger partial charge in [-0.05, 0) is 55.9 Å². The number of halogens is 4. The van der Waals surface area contributed by atoms with Crippen molar-refractivity contribution in [1.82, 2.24) is 14.6 Å². The number of nitrogens with one attached hydrogen (secondary N) is 1. The highest BCUT2D eigenvalue weighted by Gasteiger charge is 2.61. The van der Waals surface area contributed by atoms with Gasteiger partial charge in [0, 0.05) is 18.3 Å². The van der Waals surface area contributed by atoms with Crippen LogP contribution in [0.15, 0.2) is 48.7 Å². The summed E-state index contributed by atoms with van der Waals surface area (Å²) in [6.45, 7) is -0.351. The maximum Gasteiger partial charge on any atom is 0.337 e. The fourth-order valence-electron chi connectivity index (χ4n) is 4.23. The van der Waals surface area contributed by atoms with E-state index in [1.807, 2.05) is 0 Å². The van der Waals surface area contributed by atoms with E-state index >= 15 is 8.78 Å². The average Bonchev–Trinajstić information content (AvgIpc) is 3.57. The number of benzene rings is 1. The SMILES string of the molecule is O=C(NC(F)(F)C1(c2ncccc2F)CCN(S(=O)(=O)CC2CC2)C(Cl)C1)c1ccccc1. The van der Waals surface area contributed by atoms with E-state index in [0.717, 1.165) is 23.2 Å². The molecule has 0 spiro atoms. The Bertz CT molecular complexity index is 1130. The lowest BCUT2D eigenvalue weighted by Gasteiger charge is -2.47. The third-order valence-corrected chi connectivity index (χ3v) is 8.76. The summed E-state index contributed by atoms with van der Waals surface area (Å²) in [5, 5.41) is 1.72. The molecule has 0 bridgehead atoms. The van der Waals surface area contributed by atoms with E-state index in [1.54, 1.807) is 11.4 Å². The lowest BCUT2D eigenvalue weighted by Crippen LogP contribution is -2.63. The van der Waals surface area contributed by atoms with Crippen molar-refractivity contribution in [2.75, 3.05) is 12.3 Å². The summed E-state index contributed by atoms with van der Waals surface area (Å²) in [5.41, 5.74) is -4.27. The maximum absolute atomic E-state index is 15.8. The summed E-state index contributed by atoms with van der Waals surface area (Å²) >= 11 is 6.37. The minimum Gasteiger partial charge on any atom is -0.293 e. The number of alkyl halides is 3. The number of nitrogens with zero attached hydrogens (tertiary/aromatic N) is 2. The first-order valence-corrected chi connectivity index (χ1v) is 12.6. The molecule has 1 saturated heterocycles. The number of rotatable bonds is 7. The molecule has 6 nitrogen and oxygen atoms in total. The standard InChI is InChI=1S/C22H23ClF3N3O3S/c23-18-13-21(19-17(24)7-4-11-27-19,10-12-29(18)33(31,32)14-15-8-9-15)22(25,26)28-20(30)16-5-2-1-3-6-16/h1-7,11,15,18H,8-10,12-14H2,(H,28,30). The topological polar surface area (TPSA) is 79.4 Å². The van der Waals surface area contributed by atoms with Crippen LogP contribution in [0.3, 0.4) is 0 Å². The van der Waals surface area contributed by atoms with Crippen molar-refractivity contribution in [3.05, 3.63) is 65.7 Å². The van der Waals surface area contributed by atoms with Gasteiger partial charge >= 0.3 is 6.05 Å². The fourth-order valence-corrected chi connectivity index (χ4v) is 6.87. The van der Waals surface area contributed by atoms with Gasteiger partial charge in [-0.3, -0.25) is 15.1 Å². The zero-order chi connectivity index (χ0) is 23.9. The Morgan fingerprint density at radius 1 is 1.21 bits per heavy atom. The van der Waals surface area contributed by atoms with Gasteiger partial charge < -0.3 is 0 Å². The van der Waals surface area contributed by atoms with Crippen molar-refractivity contribution < 1.29 is 26.4 Å². The first-order chi connectivity index (χ1) is 15.6. The summed E-state index contributed by atoms with van der Waals surface area (Å²) in [5.74, 6) is -2.08. The largest absolute Gasteiger partial charge is 0.337 e. The molecule has 2 aromatic rings. The molecule has 33 heavy (non-hydrogen) atoms. The lowest BCUT2D eigenvalue weighted by molar-refractivity contribution is -0.120. The van der Waals surface area contributed by atoms with Crippen LogP contribution < -0.4 is 5.32 Å². The van der Waals surface area contributed by atoms with Crippen molar-refractivity contribution >= 4 is 27.5 Å². The average molecular weight is 502 g/mol. The second kappa shape index (κ2) is 8.88. The fraction of sp³-hybridized carbons (Fsp3) is 0.455. The Kier molecular flexibility index (Phi) is 6.45. The van der Waals surface area contributed by atoms with Crippen molar-refractivity contribution in [2.45, 2.75) is 42.6 Å². The highest BCUT2D eigenvalue weighted by molar-refractivity contribution is 7.89. The van der Waals surface area contributed by atoms with Crippen LogP contribution in [0, 0.1) is 11.7 Å². The second-order valence-electron chi connectivity index (χ2n) is 8.53. The van der Waals surface area contributed by atoms with Crippen molar-refractivity contribution in [3.8, 4) is 0 Å². The number of pyridine rings is 1. The Balaban J connectivity index is 1.68. The molecule has 11 heteroatoms. The van der Waals surface area contributed by atoms with Crippen LogP contribution in [-0.2, 0) is 15.4 Å². The van der Waals surface area contributed by atoms with Crippen LogP contribution >= 0.6 is 11.6 Å². The molecule has 2 heterocycles. The smallest absolute Gasteiger partial charge is 0.293 e. The van der Waals surface area contributed by atoms with E-state index in [4.69, 9.17) is 11.6 Å². The van der Waals surface area contributed by atoms with Gasteiger partial charge in [0.25, 0.3) is 5.91 Å². The Morgan fingerprint density at radius 3 is 2.52 bits per heavy atom. The molecular weight excluding hydrogens is 479 g/mol. The molecule has 2 atom stereocenters. The first kappa shape index (κ1) is 24.0. The molecule has 178 valence electrons. The van der Waals surface area contributed by atoms with Gasteiger partial charge in [0.2, 0.25) is 10.0 Å². The highest BCUT2D eigenvalue weighted by Crippen LogP contribution is 2.49. The van der Waals surface area contributed by atoms with Crippen molar-refractivity contribution in [2.24, 2.45) is 5.92 Å². The summed E-state index contributed by atoms with van der Waals surface area (Å²) in [7, 11) is -3.77. The summed E-state index contributed by atoms with van der Waals surface area (Å²) < 4.78 is 72.9. The third-order valence-electron chi connectivity index (χ3n) is 6.21. The molecular formula is C22H23ClF3N3O3S. The van der Waals surface area contributed by atoms with Crippen LogP contribution in [-0.4, -0.2) is 47.5 Å². The van der Waals surface area contributed by atoms with Crippen molar-refractivity contribution in [3.63, 3.8) is 0 Å². The van der Waals surface area contributed by atoms with E-state index in [0.29, 0.717) is 0 Å². The van der Waals surface area contributed by atoms with Crippen molar-refractivity contribution in [1.29, 1.82) is 0 Å². The number of hydrogen-bond donors (Lipinski definition) is 1. The van der Waals surface area contributed by atoms with Gasteiger partial charge in [-0.15, -0.1) is 11.6 Å². The van der Waals surface area contributed by atoms with Crippen LogP contribution in [0.1, 0.15) is 41.7 Å².